The minimum absolute atomic E-state index is 0.0853. The zero-order valence-electron chi connectivity index (χ0n) is 15.3. The van der Waals surface area contributed by atoms with E-state index in [1.54, 1.807) is 12.2 Å². The van der Waals surface area contributed by atoms with Gasteiger partial charge in [-0.25, -0.2) is 0 Å². The Balaban J connectivity index is 2.17. The molecule has 3 atom stereocenters. The molecule has 0 amide bonds. The van der Waals surface area contributed by atoms with Crippen LogP contribution in [0, 0.1) is 5.92 Å². The lowest BCUT2D eigenvalue weighted by atomic mass is 9.72. The molecule has 1 aromatic carbocycles. The molecule has 0 saturated heterocycles. The number of nitrogens with two attached hydrogens (primary N) is 2. The number of allylic oxidation sites excluding steroid dienone is 6. The van der Waals surface area contributed by atoms with E-state index < -0.39 is 41.4 Å². The Morgan fingerprint density at radius 2 is 1.76 bits per heavy atom. The molecular weight excluding hydrogens is 394 g/mol. The van der Waals surface area contributed by atoms with E-state index in [0.29, 0.717) is 18.4 Å². The first-order chi connectivity index (χ1) is 13.5. The van der Waals surface area contributed by atoms with Gasteiger partial charge in [0.25, 0.3) is 0 Å². The van der Waals surface area contributed by atoms with Gasteiger partial charge in [-0.2, -0.15) is 26.3 Å². The highest BCUT2D eigenvalue weighted by Crippen LogP contribution is 2.45. The van der Waals surface area contributed by atoms with Crippen LogP contribution in [0.15, 0.2) is 65.8 Å². The van der Waals surface area contributed by atoms with Gasteiger partial charge >= 0.3 is 12.4 Å². The minimum atomic E-state index is -4.60. The van der Waals surface area contributed by atoms with Crippen LogP contribution in [0.25, 0.3) is 0 Å². The molecule has 0 saturated carbocycles. The van der Waals surface area contributed by atoms with Crippen molar-refractivity contribution in [3.8, 4) is 0 Å². The first-order valence-electron chi connectivity index (χ1n) is 9.03. The number of nitrogen functional groups attached to an aromatic ring is 1. The van der Waals surface area contributed by atoms with Gasteiger partial charge in [0.2, 0.25) is 0 Å². The van der Waals surface area contributed by atoms with Gasteiger partial charge in [-0.3, -0.25) is 0 Å². The molecule has 0 aliphatic heterocycles. The van der Waals surface area contributed by atoms with E-state index >= 15 is 0 Å². The molecule has 0 radical (unpaired) electrons. The third-order valence-electron chi connectivity index (χ3n) is 5.22. The first kappa shape index (κ1) is 21.2. The number of hydrogen-bond acceptors (Lipinski definition) is 2. The van der Waals surface area contributed by atoms with Crippen LogP contribution in [0.1, 0.15) is 29.9 Å². The van der Waals surface area contributed by atoms with Gasteiger partial charge in [0.1, 0.15) is 0 Å². The molecule has 29 heavy (non-hydrogen) atoms. The second-order valence-corrected chi connectivity index (χ2v) is 7.16. The average molecular weight is 414 g/mol. The molecule has 0 heterocycles. The van der Waals surface area contributed by atoms with Crippen LogP contribution in [0.3, 0.4) is 0 Å². The zero-order chi connectivity index (χ0) is 21.4. The summed E-state index contributed by atoms with van der Waals surface area (Å²) in [6.07, 6.45) is 0.450. The molecule has 0 spiro atoms. The van der Waals surface area contributed by atoms with Crippen molar-refractivity contribution in [2.75, 3.05) is 5.73 Å². The number of hydrogen-bond donors (Lipinski definition) is 2. The quantitative estimate of drug-likeness (QED) is 0.496. The standard InChI is InChI=1S/C21H20F6N2/c22-20(23,24)13-6-8-17(28)15(10-13)19(12-4-2-1-3-5-12)16-11-14(21(25,26)27)7-9-18(16)29/h1-2,4,6-11,15,17,19H,3,5,28-29H2. The topological polar surface area (TPSA) is 52.0 Å². The van der Waals surface area contributed by atoms with Gasteiger partial charge in [0, 0.05) is 23.6 Å². The Bertz CT molecular complexity index is 889. The van der Waals surface area contributed by atoms with Gasteiger partial charge in [-0.15, -0.1) is 0 Å². The third kappa shape index (κ3) is 4.58. The Labute approximate surface area is 164 Å². The van der Waals surface area contributed by atoms with E-state index in [0.717, 1.165) is 30.4 Å². The molecule has 4 N–H and O–H groups in total. The fraction of sp³-hybridized carbons (Fsp3) is 0.333. The van der Waals surface area contributed by atoms with Crippen LogP contribution in [0.5, 0.6) is 0 Å². The number of halogens is 6. The van der Waals surface area contributed by atoms with Gasteiger partial charge < -0.3 is 11.5 Å². The number of benzene rings is 1. The van der Waals surface area contributed by atoms with Crippen molar-refractivity contribution in [2.45, 2.75) is 37.2 Å². The molecule has 2 aliphatic carbocycles. The van der Waals surface area contributed by atoms with E-state index in [-0.39, 0.29) is 11.3 Å². The van der Waals surface area contributed by atoms with Crippen molar-refractivity contribution in [1.29, 1.82) is 0 Å². The molecule has 3 rings (SSSR count). The van der Waals surface area contributed by atoms with E-state index in [9.17, 15) is 26.3 Å². The maximum absolute atomic E-state index is 13.3. The lowest BCUT2D eigenvalue weighted by molar-refractivity contribution is -0.137. The normalized spacial score (nSPS) is 23.6. The maximum Gasteiger partial charge on any atom is 0.416 e. The lowest BCUT2D eigenvalue weighted by Gasteiger charge is -2.35. The summed E-state index contributed by atoms with van der Waals surface area (Å²) in [6.45, 7) is 0. The smallest absolute Gasteiger partial charge is 0.398 e. The van der Waals surface area contributed by atoms with Crippen LogP contribution >= 0.6 is 0 Å². The predicted molar refractivity (Wildman–Crippen MR) is 99.8 cm³/mol. The number of alkyl halides is 6. The third-order valence-corrected chi connectivity index (χ3v) is 5.22. The van der Waals surface area contributed by atoms with Crippen LogP contribution < -0.4 is 11.5 Å². The highest BCUT2D eigenvalue weighted by Gasteiger charge is 2.39. The minimum Gasteiger partial charge on any atom is -0.398 e. The number of anilines is 1. The molecular formula is C21H20F6N2. The van der Waals surface area contributed by atoms with Crippen molar-refractivity contribution < 1.29 is 26.3 Å². The Morgan fingerprint density at radius 1 is 1.03 bits per heavy atom. The molecule has 2 nitrogen and oxygen atoms in total. The Kier molecular flexibility index (Phi) is 5.67. The summed E-state index contributed by atoms with van der Waals surface area (Å²) >= 11 is 0. The molecule has 8 heteroatoms. The predicted octanol–water partition coefficient (Wildman–Crippen LogP) is 5.65. The molecule has 0 aromatic heterocycles. The average Bonchev–Trinajstić information content (AvgIpc) is 2.64. The fourth-order valence-corrected chi connectivity index (χ4v) is 3.78. The molecule has 3 unspecified atom stereocenters. The second kappa shape index (κ2) is 7.74. The van der Waals surface area contributed by atoms with Crippen LogP contribution in [0.2, 0.25) is 0 Å². The summed E-state index contributed by atoms with van der Waals surface area (Å²) in [7, 11) is 0. The van der Waals surface area contributed by atoms with Gasteiger partial charge in [-0.05, 0) is 36.6 Å². The summed E-state index contributed by atoms with van der Waals surface area (Å²) in [5.41, 5.74) is 11.2. The largest absolute Gasteiger partial charge is 0.416 e. The van der Waals surface area contributed by atoms with Gasteiger partial charge in [0.05, 0.1) is 11.1 Å². The fourth-order valence-electron chi connectivity index (χ4n) is 3.78. The zero-order valence-corrected chi connectivity index (χ0v) is 15.3. The highest BCUT2D eigenvalue weighted by molar-refractivity contribution is 5.55. The van der Waals surface area contributed by atoms with E-state index in [2.05, 4.69) is 0 Å². The molecule has 2 aliphatic rings. The molecule has 0 fully saturated rings. The highest BCUT2D eigenvalue weighted by atomic mass is 19.4. The van der Waals surface area contributed by atoms with Crippen LogP contribution in [-0.4, -0.2) is 12.2 Å². The summed E-state index contributed by atoms with van der Waals surface area (Å²) < 4.78 is 79.7. The van der Waals surface area contributed by atoms with Crippen molar-refractivity contribution in [1.82, 2.24) is 0 Å². The monoisotopic (exact) mass is 414 g/mol. The van der Waals surface area contributed by atoms with Crippen LogP contribution in [0.4, 0.5) is 32.0 Å². The van der Waals surface area contributed by atoms with Crippen molar-refractivity contribution in [3.05, 3.63) is 76.9 Å². The summed E-state index contributed by atoms with van der Waals surface area (Å²) in [5.74, 6) is -1.69. The Morgan fingerprint density at radius 3 is 2.34 bits per heavy atom. The molecule has 0 bridgehead atoms. The molecule has 1 aromatic rings. The molecule has 156 valence electrons. The van der Waals surface area contributed by atoms with Crippen molar-refractivity contribution in [2.24, 2.45) is 11.7 Å². The SMILES string of the molecule is Nc1ccc(C(F)(F)F)cc1C(C1=CC=CCC1)C1C=C(C(F)(F)F)C=CC1N. The lowest BCUT2D eigenvalue weighted by Crippen LogP contribution is -2.35. The summed E-state index contributed by atoms with van der Waals surface area (Å²) in [4.78, 5) is 0. The van der Waals surface area contributed by atoms with Gasteiger partial charge in [0.15, 0.2) is 0 Å². The first-order valence-corrected chi connectivity index (χ1v) is 9.03. The van der Waals surface area contributed by atoms with E-state index in [1.807, 2.05) is 6.08 Å². The second-order valence-electron chi connectivity index (χ2n) is 7.16. The van der Waals surface area contributed by atoms with Gasteiger partial charge in [-0.1, -0.05) is 42.0 Å². The van der Waals surface area contributed by atoms with Crippen molar-refractivity contribution in [3.63, 3.8) is 0 Å². The van der Waals surface area contributed by atoms with E-state index in [1.165, 1.54) is 6.08 Å². The van der Waals surface area contributed by atoms with Crippen molar-refractivity contribution >= 4 is 5.69 Å². The maximum atomic E-state index is 13.3. The Hall–Kier alpha value is -2.48. The van der Waals surface area contributed by atoms with E-state index in [4.69, 9.17) is 11.5 Å². The summed E-state index contributed by atoms with van der Waals surface area (Å²) in [6, 6.07) is 2.13. The number of rotatable bonds is 3. The van der Waals surface area contributed by atoms with Crippen LogP contribution in [-0.2, 0) is 6.18 Å². The summed E-state index contributed by atoms with van der Waals surface area (Å²) in [5, 5.41) is 0.